The topological polar surface area (TPSA) is 67.4 Å². The lowest BCUT2D eigenvalue weighted by Gasteiger charge is -2.23. The van der Waals surface area contributed by atoms with E-state index >= 15 is 0 Å². The lowest BCUT2D eigenvalue weighted by molar-refractivity contribution is -0.139. The highest BCUT2D eigenvalue weighted by molar-refractivity contribution is 5.82. The van der Waals surface area contributed by atoms with E-state index in [1.54, 1.807) is 6.92 Å². The van der Waals surface area contributed by atoms with E-state index in [1.165, 1.54) is 7.11 Å². The summed E-state index contributed by atoms with van der Waals surface area (Å²) in [7, 11) is 1.31. The van der Waals surface area contributed by atoms with E-state index in [1.807, 2.05) is 20.8 Å². The van der Waals surface area contributed by atoms with E-state index in [0.717, 1.165) is 0 Å². The van der Waals surface area contributed by atoms with Crippen molar-refractivity contribution in [2.75, 3.05) is 13.7 Å². The molecule has 0 spiro atoms. The molecule has 0 fully saturated rings. The number of esters is 1. The fourth-order valence-corrected chi connectivity index (χ4v) is 0.879. The Bertz CT molecular complexity index is 233. The lowest BCUT2D eigenvalue weighted by atomic mass is 10.1. The van der Waals surface area contributed by atoms with Crippen LogP contribution in [0.5, 0.6) is 0 Å². The number of carbonyl (C=O) groups excluding carboxylic acids is 2. The molecule has 1 amide bonds. The summed E-state index contributed by atoms with van der Waals surface area (Å²) in [5.41, 5.74) is -0.266. The van der Waals surface area contributed by atoms with E-state index in [4.69, 9.17) is 0 Å². The average molecular weight is 216 g/mol. The Balaban J connectivity index is 3.95. The van der Waals surface area contributed by atoms with Gasteiger partial charge >= 0.3 is 5.97 Å². The highest BCUT2D eigenvalue weighted by atomic mass is 16.5. The second-order valence-corrected chi connectivity index (χ2v) is 4.42. The van der Waals surface area contributed by atoms with Gasteiger partial charge in [-0.1, -0.05) is 0 Å². The van der Waals surface area contributed by atoms with Crippen molar-refractivity contribution in [3.05, 3.63) is 0 Å². The first-order valence-corrected chi connectivity index (χ1v) is 4.88. The van der Waals surface area contributed by atoms with Crippen molar-refractivity contribution in [3.63, 3.8) is 0 Å². The SMILES string of the molecule is COC(=O)CNC(C)C(=O)NC(C)(C)C. The standard InChI is InChI=1S/C10H20N2O3/c1-7(11-6-8(13)15-5)9(14)12-10(2,3)4/h7,11H,6H2,1-5H3,(H,12,14). The molecule has 0 aliphatic heterocycles. The van der Waals surface area contributed by atoms with Gasteiger partial charge in [-0.15, -0.1) is 0 Å². The summed E-state index contributed by atoms with van der Waals surface area (Å²) < 4.78 is 4.45. The smallest absolute Gasteiger partial charge is 0.319 e. The maximum Gasteiger partial charge on any atom is 0.319 e. The van der Waals surface area contributed by atoms with Crippen LogP contribution in [0.4, 0.5) is 0 Å². The third-order valence-electron chi connectivity index (χ3n) is 1.67. The summed E-state index contributed by atoms with van der Waals surface area (Å²) in [5.74, 6) is -0.517. The van der Waals surface area contributed by atoms with E-state index < -0.39 is 6.04 Å². The highest BCUT2D eigenvalue weighted by Gasteiger charge is 2.19. The first-order valence-electron chi connectivity index (χ1n) is 4.88. The summed E-state index contributed by atoms with van der Waals surface area (Å²) >= 11 is 0. The van der Waals surface area contributed by atoms with Gasteiger partial charge in [0.2, 0.25) is 5.91 Å². The molecule has 1 atom stereocenters. The fraction of sp³-hybridized carbons (Fsp3) is 0.800. The van der Waals surface area contributed by atoms with Crippen molar-refractivity contribution in [3.8, 4) is 0 Å². The molecule has 0 radical (unpaired) electrons. The Morgan fingerprint density at radius 1 is 1.33 bits per heavy atom. The lowest BCUT2D eigenvalue weighted by Crippen LogP contribution is -2.50. The Labute approximate surface area is 90.6 Å². The highest BCUT2D eigenvalue weighted by Crippen LogP contribution is 1.99. The molecule has 0 heterocycles. The number of carbonyl (C=O) groups is 2. The molecule has 0 aromatic heterocycles. The van der Waals surface area contributed by atoms with Crippen molar-refractivity contribution in [1.82, 2.24) is 10.6 Å². The second-order valence-electron chi connectivity index (χ2n) is 4.42. The molecule has 0 aliphatic rings. The number of hydrogen-bond donors (Lipinski definition) is 2. The van der Waals surface area contributed by atoms with E-state index in [9.17, 15) is 9.59 Å². The summed E-state index contributed by atoms with van der Waals surface area (Å²) in [6, 6.07) is -0.414. The number of amides is 1. The van der Waals surface area contributed by atoms with Crippen molar-refractivity contribution < 1.29 is 14.3 Å². The average Bonchev–Trinajstić information content (AvgIpc) is 2.10. The minimum absolute atomic E-state index is 0.0369. The van der Waals surface area contributed by atoms with Crippen LogP contribution in [0.25, 0.3) is 0 Å². The van der Waals surface area contributed by atoms with Gasteiger partial charge in [0.15, 0.2) is 0 Å². The molecule has 0 saturated heterocycles. The number of hydrogen-bond acceptors (Lipinski definition) is 4. The van der Waals surface area contributed by atoms with Crippen LogP contribution in [0.3, 0.4) is 0 Å². The van der Waals surface area contributed by atoms with E-state index in [-0.39, 0.29) is 24.0 Å². The van der Waals surface area contributed by atoms with Gasteiger partial charge in [-0.25, -0.2) is 0 Å². The summed E-state index contributed by atoms with van der Waals surface area (Å²) in [5, 5.41) is 5.58. The van der Waals surface area contributed by atoms with Gasteiger partial charge in [-0.3, -0.25) is 14.9 Å². The zero-order valence-electron chi connectivity index (χ0n) is 10.0. The Morgan fingerprint density at radius 2 is 1.87 bits per heavy atom. The van der Waals surface area contributed by atoms with E-state index in [2.05, 4.69) is 15.4 Å². The molecular formula is C10H20N2O3. The molecule has 88 valence electrons. The predicted molar refractivity (Wildman–Crippen MR) is 57.4 cm³/mol. The monoisotopic (exact) mass is 216 g/mol. The van der Waals surface area contributed by atoms with Gasteiger partial charge in [0.25, 0.3) is 0 Å². The zero-order chi connectivity index (χ0) is 12.1. The van der Waals surface area contributed by atoms with Crippen molar-refractivity contribution in [2.45, 2.75) is 39.3 Å². The quantitative estimate of drug-likeness (QED) is 0.652. The van der Waals surface area contributed by atoms with Gasteiger partial charge in [-0.05, 0) is 27.7 Å². The largest absolute Gasteiger partial charge is 0.468 e. The molecule has 5 nitrogen and oxygen atoms in total. The Morgan fingerprint density at radius 3 is 2.27 bits per heavy atom. The molecule has 0 aromatic rings. The van der Waals surface area contributed by atoms with Crippen LogP contribution in [-0.2, 0) is 14.3 Å². The minimum Gasteiger partial charge on any atom is -0.468 e. The van der Waals surface area contributed by atoms with Gasteiger partial charge < -0.3 is 10.1 Å². The second kappa shape index (κ2) is 5.70. The van der Waals surface area contributed by atoms with Crippen LogP contribution in [-0.4, -0.2) is 37.1 Å². The van der Waals surface area contributed by atoms with Crippen LogP contribution >= 0.6 is 0 Å². The van der Waals surface area contributed by atoms with Crippen LogP contribution in [0, 0.1) is 0 Å². The van der Waals surface area contributed by atoms with Gasteiger partial charge in [-0.2, -0.15) is 0 Å². The number of rotatable bonds is 4. The fourth-order valence-electron chi connectivity index (χ4n) is 0.879. The summed E-state index contributed by atoms with van der Waals surface area (Å²) in [6.07, 6.45) is 0. The third kappa shape index (κ3) is 6.90. The van der Waals surface area contributed by atoms with Crippen molar-refractivity contribution in [2.24, 2.45) is 0 Å². The number of nitrogens with one attached hydrogen (secondary N) is 2. The Kier molecular flexibility index (Phi) is 5.28. The maximum absolute atomic E-state index is 11.5. The summed E-state index contributed by atoms with van der Waals surface area (Å²) in [4.78, 5) is 22.3. The van der Waals surface area contributed by atoms with Crippen molar-refractivity contribution in [1.29, 1.82) is 0 Å². The molecule has 0 rings (SSSR count). The first-order chi connectivity index (χ1) is 6.76. The Hall–Kier alpha value is -1.10. The van der Waals surface area contributed by atoms with Gasteiger partial charge in [0.1, 0.15) is 0 Å². The molecule has 15 heavy (non-hydrogen) atoms. The minimum atomic E-state index is -0.414. The first kappa shape index (κ1) is 13.9. The normalized spacial score (nSPS) is 13.1. The number of methoxy groups -OCH3 is 1. The molecule has 0 aliphatic carbocycles. The maximum atomic E-state index is 11.5. The molecule has 2 N–H and O–H groups in total. The molecule has 1 unspecified atom stereocenters. The van der Waals surface area contributed by atoms with Crippen LogP contribution in [0.15, 0.2) is 0 Å². The molecule has 0 aromatic carbocycles. The van der Waals surface area contributed by atoms with Gasteiger partial charge in [0, 0.05) is 5.54 Å². The molecular weight excluding hydrogens is 196 g/mol. The van der Waals surface area contributed by atoms with Crippen molar-refractivity contribution >= 4 is 11.9 Å². The van der Waals surface area contributed by atoms with E-state index in [0.29, 0.717) is 0 Å². The van der Waals surface area contributed by atoms with Gasteiger partial charge in [0.05, 0.1) is 19.7 Å². The molecule has 0 bridgehead atoms. The predicted octanol–water partition coefficient (Wildman–Crippen LogP) is 0.0522. The molecule has 5 heteroatoms. The number of ether oxygens (including phenoxy) is 1. The summed E-state index contributed by atoms with van der Waals surface area (Å²) in [6.45, 7) is 7.44. The van der Waals surface area contributed by atoms with Crippen LogP contribution < -0.4 is 10.6 Å². The molecule has 0 saturated carbocycles. The van der Waals surface area contributed by atoms with Crippen LogP contribution in [0.1, 0.15) is 27.7 Å². The zero-order valence-corrected chi connectivity index (χ0v) is 10.0. The third-order valence-corrected chi connectivity index (χ3v) is 1.67. The van der Waals surface area contributed by atoms with Crippen LogP contribution in [0.2, 0.25) is 0 Å².